The van der Waals surface area contributed by atoms with E-state index in [2.05, 4.69) is 15.2 Å². The van der Waals surface area contributed by atoms with Crippen molar-refractivity contribution in [3.05, 3.63) is 47.8 Å². The van der Waals surface area contributed by atoms with E-state index in [4.69, 9.17) is 9.47 Å². The van der Waals surface area contributed by atoms with Crippen molar-refractivity contribution >= 4 is 16.9 Å². The minimum absolute atomic E-state index is 0.0267. The average Bonchev–Trinajstić information content (AvgIpc) is 3.17. The molecule has 7 nitrogen and oxygen atoms in total. The standard InChI is InChI=1S/C20H22N4O3/c1-26-14-7-8-15(17(11-14)27-2)20(25)24-10-4-5-13(12-24)18-16-6-3-9-21-19(16)23-22-18/h3,6-9,11,13H,4-5,10,12H2,1-2H3,(H,21,22,23)/t13-/m1/s1. The highest BCUT2D eigenvalue weighted by Crippen LogP contribution is 2.32. The first-order chi connectivity index (χ1) is 13.2. The number of aromatic nitrogens is 3. The lowest BCUT2D eigenvalue weighted by molar-refractivity contribution is 0.0703. The van der Waals surface area contributed by atoms with Gasteiger partial charge in [0.1, 0.15) is 11.5 Å². The number of rotatable bonds is 4. The summed E-state index contributed by atoms with van der Waals surface area (Å²) in [6, 6.07) is 9.22. The van der Waals surface area contributed by atoms with Crippen LogP contribution in [0.1, 0.15) is 34.8 Å². The van der Waals surface area contributed by atoms with Gasteiger partial charge in [-0.2, -0.15) is 5.10 Å². The number of ether oxygens (including phenoxy) is 2. The highest BCUT2D eigenvalue weighted by Gasteiger charge is 2.29. The first-order valence-corrected chi connectivity index (χ1v) is 9.01. The number of aromatic amines is 1. The van der Waals surface area contributed by atoms with Crippen LogP contribution in [0.5, 0.6) is 11.5 Å². The second kappa shape index (κ2) is 7.26. The van der Waals surface area contributed by atoms with E-state index in [-0.39, 0.29) is 11.8 Å². The molecule has 7 heteroatoms. The Morgan fingerprint density at radius 3 is 2.96 bits per heavy atom. The number of pyridine rings is 1. The van der Waals surface area contributed by atoms with Gasteiger partial charge in [0.2, 0.25) is 0 Å². The van der Waals surface area contributed by atoms with Crippen LogP contribution in [0, 0.1) is 0 Å². The van der Waals surface area contributed by atoms with Crippen molar-refractivity contribution in [2.24, 2.45) is 0 Å². The number of piperidine rings is 1. The van der Waals surface area contributed by atoms with Crippen LogP contribution in [0.3, 0.4) is 0 Å². The van der Waals surface area contributed by atoms with Gasteiger partial charge in [0, 0.05) is 42.4 Å². The van der Waals surface area contributed by atoms with Crippen molar-refractivity contribution in [3.8, 4) is 11.5 Å². The third kappa shape index (κ3) is 3.20. The largest absolute Gasteiger partial charge is 0.497 e. The molecular formula is C20H22N4O3. The Morgan fingerprint density at radius 1 is 1.26 bits per heavy atom. The topological polar surface area (TPSA) is 80.3 Å². The molecule has 2 aromatic heterocycles. The quantitative estimate of drug-likeness (QED) is 0.768. The summed E-state index contributed by atoms with van der Waals surface area (Å²) in [6.07, 6.45) is 3.69. The van der Waals surface area contributed by atoms with Crippen molar-refractivity contribution in [1.82, 2.24) is 20.1 Å². The SMILES string of the molecule is COc1ccc(C(=O)N2CCC[C@@H](c3[nH]nc4ncccc34)C2)c(OC)c1. The molecule has 27 heavy (non-hydrogen) atoms. The maximum Gasteiger partial charge on any atom is 0.257 e. The molecule has 1 amide bonds. The number of benzene rings is 1. The Kier molecular flexibility index (Phi) is 4.66. The number of methoxy groups -OCH3 is 2. The van der Waals surface area contributed by atoms with E-state index in [0.29, 0.717) is 29.3 Å². The second-order valence-corrected chi connectivity index (χ2v) is 6.67. The summed E-state index contributed by atoms with van der Waals surface area (Å²) in [5, 5.41) is 8.45. The summed E-state index contributed by atoms with van der Waals surface area (Å²) >= 11 is 0. The number of nitrogens with zero attached hydrogens (tertiary/aromatic N) is 3. The number of hydrogen-bond acceptors (Lipinski definition) is 5. The molecule has 0 radical (unpaired) electrons. The van der Waals surface area contributed by atoms with Gasteiger partial charge in [0.25, 0.3) is 5.91 Å². The van der Waals surface area contributed by atoms with Gasteiger partial charge in [-0.25, -0.2) is 4.98 Å². The van der Waals surface area contributed by atoms with Crippen LogP contribution in [-0.4, -0.2) is 53.3 Å². The van der Waals surface area contributed by atoms with E-state index >= 15 is 0 Å². The maximum absolute atomic E-state index is 13.1. The number of carbonyl (C=O) groups is 1. The normalized spacial score (nSPS) is 17.1. The highest BCUT2D eigenvalue weighted by molar-refractivity contribution is 5.97. The van der Waals surface area contributed by atoms with E-state index in [1.807, 2.05) is 17.0 Å². The van der Waals surface area contributed by atoms with Crippen molar-refractivity contribution in [3.63, 3.8) is 0 Å². The number of hydrogen-bond donors (Lipinski definition) is 1. The first-order valence-electron chi connectivity index (χ1n) is 9.01. The van der Waals surface area contributed by atoms with E-state index in [9.17, 15) is 4.79 Å². The molecule has 1 atom stereocenters. The third-order valence-electron chi connectivity index (χ3n) is 5.12. The van der Waals surface area contributed by atoms with E-state index in [1.54, 1.807) is 38.6 Å². The summed E-state index contributed by atoms with van der Waals surface area (Å²) in [7, 11) is 3.16. The van der Waals surface area contributed by atoms with Crippen LogP contribution in [0.4, 0.5) is 0 Å². The Morgan fingerprint density at radius 2 is 2.15 bits per heavy atom. The van der Waals surface area contributed by atoms with Crippen LogP contribution in [0.15, 0.2) is 36.5 Å². The Hall–Kier alpha value is -3.09. The molecule has 0 unspecified atom stereocenters. The van der Waals surface area contributed by atoms with Crippen LogP contribution in [0.2, 0.25) is 0 Å². The fourth-order valence-corrected chi connectivity index (χ4v) is 3.72. The van der Waals surface area contributed by atoms with Gasteiger partial charge in [-0.15, -0.1) is 0 Å². The number of nitrogens with one attached hydrogen (secondary N) is 1. The second-order valence-electron chi connectivity index (χ2n) is 6.67. The Labute approximate surface area is 157 Å². The molecule has 0 aliphatic carbocycles. The van der Waals surface area contributed by atoms with Crippen molar-refractivity contribution in [1.29, 1.82) is 0 Å². The molecule has 1 N–H and O–H groups in total. The number of likely N-dealkylation sites (tertiary alicyclic amines) is 1. The molecule has 1 aliphatic heterocycles. The minimum atomic E-state index is -0.0267. The number of H-pyrrole nitrogens is 1. The summed E-state index contributed by atoms with van der Waals surface area (Å²) in [6.45, 7) is 1.37. The predicted molar refractivity (Wildman–Crippen MR) is 101 cm³/mol. The van der Waals surface area contributed by atoms with Gasteiger partial charge in [0.05, 0.1) is 19.8 Å². The summed E-state index contributed by atoms with van der Waals surface area (Å²) in [5.41, 5.74) is 2.32. The van der Waals surface area contributed by atoms with Gasteiger partial charge >= 0.3 is 0 Å². The summed E-state index contributed by atoms with van der Waals surface area (Å²) in [4.78, 5) is 19.3. The molecule has 3 heterocycles. The molecular weight excluding hydrogens is 344 g/mol. The zero-order chi connectivity index (χ0) is 18.8. The van der Waals surface area contributed by atoms with Crippen LogP contribution < -0.4 is 9.47 Å². The molecule has 4 rings (SSSR count). The average molecular weight is 366 g/mol. The summed E-state index contributed by atoms with van der Waals surface area (Å²) in [5.74, 6) is 1.37. The minimum Gasteiger partial charge on any atom is -0.497 e. The van der Waals surface area contributed by atoms with Crippen LogP contribution in [-0.2, 0) is 0 Å². The third-order valence-corrected chi connectivity index (χ3v) is 5.12. The molecule has 140 valence electrons. The van der Waals surface area contributed by atoms with Gasteiger partial charge in [-0.05, 0) is 37.1 Å². The molecule has 0 spiro atoms. The Balaban J connectivity index is 1.59. The Bertz CT molecular complexity index is 969. The van der Waals surface area contributed by atoms with Crippen molar-refractivity contribution < 1.29 is 14.3 Å². The lowest BCUT2D eigenvalue weighted by Crippen LogP contribution is -2.39. The van der Waals surface area contributed by atoms with E-state index in [1.165, 1.54) is 0 Å². The number of amides is 1. The van der Waals surface area contributed by atoms with Crippen molar-refractivity contribution in [2.45, 2.75) is 18.8 Å². The zero-order valence-corrected chi connectivity index (χ0v) is 15.4. The first kappa shape index (κ1) is 17.3. The van der Waals surface area contributed by atoms with Gasteiger partial charge < -0.3 is 14.4 Å². The number of carbonyl (C=O) groups excluding carboxylic acids is 1. The molecule has 1 saturated heterocycles. The highest BCUT2D eigenvalue weighted by atomic mass is 16.5. The molecule has 1 fully saturated rings. The van der Waals surface area contributed by atoms with Crippen LogP contribution in [0.25, 0.3) is 11.0 Å². The smallest absolute Gasteiger partial charge is 0.257 e. The zero-order valence-electron chi connectivity index (χ0n) is 15.4. The van der Waals surface area contributed by atoms with E-state index < -0.39 is 0 Å². The molecule has 0 bridgehead atoms. The maximum atomic E-state index is 13.1. The fraction of sp³-hybridized carbons (Fsp3) is 0.350. The monoisotopic (exact) mass is 366 g/mol. The van der Waals surface area contributed by atoms with Gasteiger partial charge in [-0.3, -0.25) is 9.89 Å². The molecule has 1 aliphatic rings. The molecule has 3 aromatic rings. The lowest BCUT2D eigenvalue weighted by atomic mass is 9.92. The van der Waals surface area contributed by atoms with Crippen LogP contribution >= 0.6 is 0 Å². The van der Waals surface area contributed by atoms with E-state index in [0.717, 1.165) is 30.5 Å². The van der Waals surface area contributed by atoms with Gasteiger partial charge in [-0.1, -0.05) is 0 Å². The lowest BCUT2D eigenvalue weighted by Gasteiger charge is -2.32. The molecule has 1 aromatic carbocycles. The van der Waals surface area contributed by atoms with Gasteiger partial charge in [0.15, 0.2) is 5.65 Å². The summed E-state index contributed by atoms with van der Waals surface area (Å²) < 4.78 is 10.6. The predicted octanol–water partition coefficient (Wildman–Crippen LogP) is 2.99. The molecule has 0 saturated carbocycles. The van der Waals surface area contributed by atoms with Crippen molar-refractivity contribution in [2.75, 3.05) is 27.3 Å². The number of fused-ring (bicyclic) bond motifs is 1. The fourth-order valence-electron chi connectivity index (χ4n) is 3.72.